The summed E-state index contributed by atoms with van der Waals surface area (Å²) in [5.74, 6) is -0.699. The number of amides is 2. The number of rotatable bonds is 6. The monoisotopic (exact) mass is 372 g/mol. The van der Waals surface area contributed by atoms with Gasteiger partial charge in [0.1, 0.15) is 5.41 Å². The summed E-state index contributed by atoms with van der Waals surface area (Å²) in [5, 5.41) is 6.12. The molecule has 0 atom stereocenters. The number of halogens is 1. The van der Waals surface area contributed by atoms with Crippen LogP contribution in [0.5, 0.6) is 0 Å². The first-order chi connectivity index (χ1) is 12.2. The zero-order chi connectivity index (χ0) is 19.3. The van der Waals surface area contributed by atoms with E-state index in [0.717, 1.165) is 16.7 Å². The van der Waals surface area contributed by atoms with Crippen molar-refractivity contribution in [2.75, 3.05) is 11.9 Å². The first-order valence-corrected chi connectivity index (χ1v) is 9.00. The van der Waals surface area contributed by atoms with Crippen molar-refractivity contribution in [2.45, 2.75) is 34.1 Å². The van der Waals surface area contributed by atoms with Crippen molar-refractivity contribution in [3.05, 3.63) is 64.2 Å². The molecule has 0 bridgehead atoms. The maximum atomic E-state index is 12.7. The molecule has 5 heteroatoms. The van der Waals surface area contributed by atoms with E-state index in [4.69, 9.17) is 11.6 Å². The smallest absolute Gasteiger partial charge is 0.239 e. The Kier molecular flexibility index (Phi) is 6.43. The molecule has 2 aromatic rings. The Balaban J connectivity index is 1.99. The van der Waals surface area contributed by atoms with Gasteiger partial charge in [-0.3, -0.25) is 9.59 Å². The van der Waals surface area contributed by atoms with E-state index in [0.29, 0.717) is 23.7 Å². The fourth-order valence-electron chi connectivity index (χ4n) is 2.63. The topological polar surface area (TPSA) is 58.2 Å². The number of hydrogen-bond acceptors (Lipinski definition) is 2. The predicted octanol–water partition coefficient (Wildman–Crippen LogP) is 4.28. The van der Waals surface area contributed by atoms with E-state index in [9.17, 15) is 9.59 Å². The molecule has 2 N–H and O–H groups in total. The van der Waals surface area contributed by atoms with Gasteiger partial charge in [-0.15, -0.1) is 0 Å². The minimum absolute atomic E-state index is 0.313. The Morgan fingerprint density at radius 2 is 1.69 bits per heavy atom. The first-order valence-electron chi connectivity index (χ1n) is 8.62. The molecule has 0 unspecified atom stereocenters. The van der Waals surface area contributed by atoms with Gasteiger partial charge in [0.25, 0.3) is 0 Å². The van der Waals surface area contributed by atoms with E-state index in [1.54, 1.807) is 19.9 Å². The fraction of sp³-hybridized carbons (Fsp3) is 0.333. The van der Waals surface area contributed by atoms with E-state index >= 15 is 0 Å². The van der Waals surface area contributed by atoms with Crippen LogP contribution in [-0.2, 0) is 16.0 Å². The number of hydrogen-bond donors (Lipinski definition) is 2. The summed E-state index contributed by atoms with van der Waals surface area (Å²) in [7, 11) is 0. The van der Waals surface area contributed by atoms with Crippen LogP contribution in [0.3, 0.4) is 0 Å². The molecule has 2 rings (SSSR count). The minimum Gasteiger partial charge on any atom is -0.355 e. The van der Waals surface area contributed by atoms with Crippen molar-refractivity contribution in [2.24, 2.45) is 5.41 Å². The van der Waals surface area contributed by atoms with Crippen molar-refractivity contribution in [3.8, 4) is 0 Å². The molecular weight excluding hydrogens is 348 g/mol. The largest absolute Gasteiger partial charge is 0.355 e. The van der Waals surface area contributed by atoms with Gasteiger partial charge in [-0.1, -0.05) is 48.0 Å². The van der Waals surface area contributed by atoms with Gasteiger partial charge >= 0.3 is 0 Å². The lowest BCUT2D eigenvalue weighted by Gasteiger charge is -2.24. The quantitative estimate of drug-likeness (QED) is 0.743. The number of benzene rings is 2. The van der Waals surface area contributed by atoms with Crippen molar-refractivity contribution in [3.63, 3.8) is 0 Å². The fourth-order valence-corrected chi connectivity index (χ4v) is 3.00. The first kappa shape index (κ1) is 20.0. The summed E-state index contributed by atoms with van der Waals surface area (Å²) in [4.78, 5) is 25.2. The maximum Gasteiger partial charge on any atom is 0.239 e. The van der Waals surface area contributed by atoms with Crippen molar-refractivity contribution < 1.29 is 9.59 Å². The molecule has 2 amide bonds. The van der Waals surface area contributed by atoms with Crippen LogP contribution < -0.4 is 10.6 Å². The molecule has 0 aliphatic carbocycles. The Morgan fingerprint density at radius 3 is 2.31 bits per heavy atom. The average molecular weight is 373 g/mol. The second kappa shape index (κ2) is 8.37. The van der Waals surface area contributed by atoms with E-state index < -0.39 is 5.41 Å². The molecule has 26 heavy (non-hydrogen) atoms. The second-order valence-corrected chi connectivity index (χ2v) is 7.42. The zero-order valence-electron chi connectivity index (χ0n) is 15.7. The van der Waals surface area contributed by atoms with Crippen LogP contribution in [0, 0.1) is 19.3 Å². The van der Waals surface area contributed by atoms with Gasteiger partial charge in [0, 0.05) is 6.54 Å². The van der Waals surface area contributed by atoms with Crippen LogP contribution >= 0.6 is 11.6 Å². The number of anilines is 1. The lowest BCUT2D eigenvalue weighted by molar-refractivity contribution is -0.138. The highest BCUT2D eigenvalue weighted by molar-refractivity contribution is 6.34. The highest BCUT2D eigenvalue weighted by atomic mass is 35.5. The molecule has 0 radical (unpaired) electrons. The predicted molar refractivity (Wildman–Crippen MR) is 106 cm³/mol. The third-order valence-electron chi connectivity index (χ3n) is 4.35. The van der Waals surface area contributed by atoms with Crippen molar-refractivity contribution in [1.82, 2.24) is 5.32 Å². The van der Waals surface area contributed by atoms with Crippen LogP contribution in [-0.4, -0.2) is 18.4 Å². The van der Waals surface area contributed by atoms with Crippen LogP contribution in [0.25, 0.3) is 0 Å². The highest BCUT2D eigenvalue weighted by Crippen LogP contribution is 2.29. The molecule has 0 spiro atoms. The van der Waals surface area contributed by atoms with Crippen LogP contribution in [0.4, 0.5) is 5.69 Å². The number of carbonyl (C=O) groups is 2. The Hall–Kier alpha value is -2.33. The standard InChI is InChI=1S/C21H25ClN2O2/c1-14-12-15(2)18(17(22)13-14)24-20(26)21(3,4)19(25)23-11-10-16-8-6-5-7-9-16/h5-9,12-13H,10-11H2,1-4H3,(H,23,25)(H,24,26). The van der Waals surface area contributed by atoms with Crippen LogP contribution in [0.15, 0.2) is 42.5 Å². The zero-order valence-corrected chi connectivity index (χ0v) is 16.4. The summed E-state index contributed by atoms with van der Waals surface area (Å²) < 4.78 is 0. The van der Waals surface area contributed by atoms with Crippen LogP contribution in [0.1, 0.15) is 30.5 Å². The molecule has 0 aliphatic rings. The minimum atomic E-state index is -1.21. The Bertz CT molecular complexity index is 778. The summed E-state index contributed by atoms with van der Waals surface area (Å²) in [6.07, 6.45) is 0.715. The Labute approximate surface area is 159 Å². The normalized spacial score (nSPS) is 11.1. The molecule has 0 aromatic heterocycles. The van der Waals surface area contributed by atoms with Crippen molar-refractivity contribution >= 4 is 29.1 Å². The average Bonchev–Trinajstić information content (AvgIpc) is 2.58. The van der Waals surface area contributed by atoms with Gasteiger partial charge in [-0.2, -0.15) is 0 Å². The van der Waals surface area contributed by atoms with Gasteiger partial charge in [-0.05, 0) is 56.9 Å². The number of carbonyl (C=O) groups excluding carboxylic acids is 2. The molecule has 0 heterocycles. The summed E-state index contributed by atoms with van der Waals surface area (Å²) >= 11 is 6.24. The van der Waals surface area contributed by atoms with E-state index in [1.807, 2.05) is 50.2 Å². The van der Waals surface area contributed by atoms with E-state index in [-0.39, 0.29) is 11.8 Å². The molecule has 0 aliphatic heterocycles. The summed E-state index contributed by atoms with van der Waals surface area (Å²) in [5.41, 5.74) is 2.36. The van der Waals surface area contributed by atoms with Gasteiger partial charge < -0.3 is 10.6 Å². The molecule has 4 nitrogen and oxygen atoms in total. The van der Waals surface area contributed by atoms with Gasteiger partial charge in [0.2, 0.25) is 11.8 Å². The third kappa shape index (κ3) is 4.85. The molecule has 2 aromatic carbocycles. The van der Waals surface area contributed by atoms with Gasteiger partial charge in [0.05, 0.1) is 10.7 Å². The lowest BCUT2D eigenvalue weighted by Crippen LogP contribution is -2.45. The molecule has 0 fully saturated rings. The highest BCUT2D eigenvalue weighted by Gasteiger charge is 2.36. The lowest BCUT2D eigenvalue weighted by atomic mass is 9.90. The third-order valence-corrected chi connectivity index (χ3v) is 4.65. The molecule has 0 saturated carbocycles. The van der Waals surface area contributed by atoms with E-state index in [1.165, 1.54) is 0 Å². The number of aryl methyl sites for hydroxylation is 2. The van der Waals surface area contributed by atoms with E-state index in [2.05, 4.69) is 10.6 Å². The molecule has 138 valence electrons. The summed E-state index contributed by atoms with van der Waals surface area (Å²) in [6, 6.07) is 13.6. The van der Waals surface area contributed by atoms with Crippen LogP contribution in [0.2, 0.25) is 5.02 Å². The summed E-state index contributed by atoms with van der Waals surface area (Å²) in [6.45, 7) is 7.51. The SMILES string of the molecule is Cc1cc(C)c(NC(=O)C(C)(C)C(=O)NCCc2ccccc2)c(Cl)c1. The van der Waals surface area contributed by atoms with Gasteiger partial charge in [0.15, 0.2) is 0 Å². The van der Waals surface area contributed by atoms with Crippen molar-refractivity contribution in [1.29, 1.82) is 0 Å². The maximum absolute atomic E-state index is 12.7. The number of nitrogens with one attached hydrogen (secondary N) is 2. The Morgan fingerprint density at radius 1 is 1.04 bits per heavy atom. The molecule has 0 saturated heterocycles. The molecular formula is C21H25ClN2O2. The van der Waals surface area contributed by atoms with Gasteiger partial charge in [-0.25, -0.2) is 0 Å². The second-order valence-electron chi connectivity index (χ2n) is 7.01.